The van der Waals surface area contributed by atoms with E-state index in [1.807, 2.05) is 60.7 Å². The molecule has 1 fully saturated rings. The number of rotatable bonds is 8. The van der Waals surface area contributed by atoms with Crippen LogP contribution in [0.1, 0.15) is 12.0 Å². The first-order valence-electron chi connectivity index (χ1n) is 11.6. The van der Waals surface area contributed by atoms with Crippen LogP contribution in [0.25, 0.3) is 6.08 Å². The van der Waals surface area contributed by atoms with Crippen molar-refractivity contribution in [3.63, 3.8) is 0 Å². The van der Waals surface area contributed by atoms with E-state index in [1.54, 1.807) is 35.2 Å². The quantitative estimate of drug-likeness (QED) is 0.461. The molecule has 1 unspecified atom stereocenters. The molecule has 3 aromatic carbocycles. The lowest BCUT2D eigenvalue weighted by atomic mass is 10.2. The van der Waals surface area contributed by atoms with Crippen molar-refractivity contribution in [1.29, 1.82) is 0 Å². The van der Waals surface area contributed by atoms with Gasteiger partial charge in [-0.2, -0.15) is 0 Å². The maximum atomic E-state index is 13.2. The third-order valence-corrected chi connectivity index (χ3v) is 5.77. The summed E-state index contributed by atoms with van der Waals surface area (Å²) >= 11 is 0. The van der Waals surface area contributed by atoms with Crippen LogP contribution in [0.4, 0.5) is 10.5 Å². The SMILES string of the molecule is O=C(O)NC1CCN(C(=O)CN(C(=O)/C=C/c2ccccc2)c2ccc(Oc3ccccc3)cc2)C1. The molecule has 2 N–H and O–H groups in total. The van der Waals surface area contributed by atoms with Crippen LogP contribution in [-0.2, 0) is 9.59 Å². The number of benzene rings is 3. The molecule has 1 aliphatic heterocycles. The zero-order valence-electron chi connectivity index (χ0n) is 19.6. The summed E-state index contributed by atoms with van der Waals surface area (Å²) in [6, 6.07) is 25.4. The van der Waals surface area contributed by atoms with Crippen molar-refractivity contribution < 1.29 is 24.2 Å². The minimum Gasteiger partial charge on any atom is -0.465 e. The van der Waals surface area contributed by atoms with Crippen LogP contribution < -0.4 is 15.0 Å². The lowest BCUT2D eigenvalue weighted by Gasteiger charge is -2.24. The van der Waals surface area contributed by atoms with Crippen molar-refractivity contribution in [3.05, 3.63) is 96.6 Å². The summed E-state index contributed by atoms with van der Waals surface area (Å²) in [5.41, 5.74) is 1.41. The van der Waals surface area contributed by atoms with E-state index in [9.17, 15) is 14.4 Å². The van der Waals surface area contributed by atoms with Crippen molar-refractivity contribution in [1.82, 2.24) is 10.2 Å². The van der Waals surface area contributed by atoms with Crippen LogP contribution in [0.3, 0.4) is 0 Å². The van der Waals surface area contributed by atoms with E-state index < -0.39 is 6.09 Å². The van der Waals surface area contributed by atoms with Gasteiger partial charge in [0.2, 0.25) is 5.91 Å². The van der Waals surface area contributed by atoms with Gasteiger partial charge in [-0.1, -0.05) is 48.5 Å². The Morgan fingerprint density at radius 2 is 1.58 bits per heavy atom. The molecule has 0 aliphatic carbocycles. The molecular formula is C28H27N3O5. The summed E-state index contributed by atoms with van der Waals surface area (Å²) in [5, 5.41) is 11.4. The van der Waals surface area contributed by atoms with E-state index in [0.717, 1.165) is 5.56 Å². The molecular weight excluding hydrogens is 458 g/mol. The van der Waals surface area contributed by atoms with Crippen LogP contribution in [0, 0.1) is 0 Å². The van der Waals surface area contributed by atoms with E-state index in [1.165, 1.54) is 11.0 Å². The Hall–Kier alpha value is -4.59. The Morgan fingerprint density at radius 1 is 0.944 bits per heavy atom. The molecule has 1 saturated heterocycles. The lowest BCUT2D eigenvalue weighted by molar-refractivity contribution is -0.130. The van der Waals surface area contributed by atoms with Gasteiger partial charge in [-0.05, 0) is 54.5 Å². The van der Waals surface area contributed by atoms with E-state index in [-0.39, 0.29) is 30.9 Å². The molecule has 0 bridgehead atoms. The standard InChI is InChI=1S/C28H27N3O5/c32-26(16-11-21-7-3-1-4-8-21)31(20-27(33)30-18-17-22(19-30)29-28(34)35)23-12-14-25(15-13-23)36-24-9-5-2-6-10-24/h1-16,22,29H,17-20H2,(H,34,35)/b16-11+. The zero-order valence-corrected chi connectivity index (χ0v) is 19.6. The van der Waals surface area contributed by atoms with Gasteiger partial charge in [-0.3, -0.25) is 14.5 Å². The largest absolute Gasteiger partial charge is 0.465 e. The summed E-state index contributed by atoms with van der Waals surface area (Å²) in [4.78, 5) is 40.2. The summed E-state index contributed by atoms with van der Waals surface area (Å²) in [5.74, 6) is 0.697. The topological polar surface area (TPSA) is 99.2 Å². The second-order valence-corrected chi connectivity index (χ2v) is 8.35. The van der Waals surface area contributed by atoms with E-state index in [0.29, 0.717) is 30.2 Å². The number of likely N-dealkylation sites (tertiary alicyclic amines) is 1. The molecule has 0 radical (unpaired) electrons. The number of nitrogens with zero attached hydrogens (tertiary/aromatic N) is 2. The number of hydrogen-bond donors (Lipinski definition) is 2. The van der Waals surface area contributed by atoms with Gasteiger partial charge < -0.3 is 20.1 Å². The average molecular weight is 486 g/mol. The normalized spacial score (nSPS) is 15.0. The van der Waals surface area contributed by atoms with Crippen molar-refractivity contribution in [2.75, 3.05) is 24.5 Å². The van der Waals surface area contributed by atoms with Gasteiger partial charge >= 0.3 is 6.09 Å². The van der Waals surface area contributed by atoms with Gasteiger partial charge in [0.15, 0.2) is 0 Å². The van der Waals surface area contributed by atoms with Crippen LogP contribution in [0.15, 0.2) is 91.0 Å². The minimum atomic E-state index is -1.12. The third kappa shape index (κ3) is 6.73. The summed E-state index contributed by atoms with van der Waals surface area (Å²) < 4.78 is 5.84. The summed E-state index contributed by atoms with van der Waals surface area (Å²) in [7, 11) is 0. The van der Waals surface area contributed by atoms with Gasteiger partial charge in [0.05, 0.1) is 6.04 Å². The van der Waals surface area contributed by atoms with E-state index in [2.05, 4.69) is 5.32 Å². The highest BCUT2D eigenvalue weighted by atomic mass is 16.5. The number of carbonyl (C=O) groups excluding carboxylic acids is 2. The average Bonchev–Trinajstić information content (AvgIpc) is 3.35. The number of hydrogen-bond acceptors (Lipinski definition) is 4. The predicted molar refractivity (Wildman–Crippen MR) is 137 cm³/mol. The Balaban J connectivity index is 1.50. The molecule has 0 saturated carbocycles. The summed E-state index contributed by atoms with van der Waals surface area (Å²) in [6.45, 7) is 0.531. The number of nitrogens with one attached hydrogen (secondary N) is 1. The highest BCUT2D eigenvalue weighted by Gasteiger charge is 2.29. The fourth-order valence-corrected chi connectivity index (χ4v) is 3.95. The number of anilines is 1. The number of ether oxygens (including phenoxy) is 1. The van der Waals surface area contributed by atoms with Crippen LogP contribution in [0.2, 0.25) is 0 Å². The van der Waals surface area contributed by atoms with Crippen LogP contribution in [-0.4, -0.2) is 53.6 Å². The van der Waals surface area contributed by atoms with Gasteiger partial charge in [0.25, 0.3) is 5.91 Å². The second-order valence-electron chi connectivity index (χ2n) is 8.35. The monoisotopic (exact) mass is 485 g/mol. The molecule has 8 heteroatoms. The van der Waals surface area contributed by atoms with Gasteiger partial charge in [-0.15, -0.1) is 0 Å². The minimum absolute atomic E-state index is 0.170. The van der Waals surface area contributed by atoms with E-state index in [4.69, 9.17) is 9.84 Å². The van der Waals surface area contributed by atoms with Gasteiger partial charge in [0, 0.05) is 24.9 Å². The van der Waals surface area contributed by atoms with Crippen molar-refractivity contribution in [3.8, 4) is 11.5 Å². The number of para-hydroxylation sites is 1. The Labute approximate surface area is 209 Å². The van der Waals surface area contributed by atoms with Crippen molar-refractivity contribution >= 4 is 29.7 Å². The van der Waals surface area contributed by atoms with Crippen molar-refractivity contribution in [2.24, 2.45) is 0 Å². The molecule has 1 aliphatic rings. The van der Waals surface area contributed by atoms with Crippen LogP contribution in [0.5, 0.6) is 11.5 Å². The smallest absolute Gasteiger partial charge is 0.404 e. The van der Waals surface area contributed by atoms with Crippen molar-refractivity contribution in [2.45, 2.75) is 12.5 Å². The van der Waals surface area contributed by atoms with Crippen LogP contribution >= 0.6 is 0 Å². The molecule has 3 amide bonds. The first kappa shape index (κ1) is 24.5. The molecule has 36 heavy (non-hydrogen) atoms. The molecule has 1 atom stereocenters. The molecule has 8 nitrogen and oxygen atoms in total. The third-order valence-electron chi connectivity index (χ3n) is 5.77. The first-order valence-corrected chi connectivity index (χ1v) is 11.6. The Kier molecular flexibility index (Phi) is 7.97. The molecule has 184 valence electrons. The fourth-order valence-electron chi connectivity index (χ4n) is 3.95. The molecule has 3 aromatic rings. The maximum Gasteiger partial charge on any atom is 0.404 e. The number of amides is 3. The van der Waals surface area contributed by atoms with E-state index >= 15 is 0 Å². The molecule has 0 spiro atoms. The Morgan fingerprint density at radius 3 is 2.25 bits per heavy atom. The Bertz CT molecular complexity index is 1210. The maximum absolute atomic E-state index is 13.2. The first-order chi connectivity index (χ1) is 17.5. The number of carbonyl (C=O) groups is 3. The second kappa shape index (κ2) is 11.7. The zero-order chi connectivity index (χ0) is 25.3. The number of carboxylic acid groups (broad SMARTS) is 1. The molecule has 0 aromatic heterocycles. The highest BCUT2D eigenvalue weighted by molar-refractivity contribution is 6.06. The molecule has 1 heterocycles. The van der Waals surface area contributed by atoms with Gasteiger partial charge in [0.1, 0.15) is 18.0 Å². The lowest BCUT2D eigenvalue weighted by Crippen LogP contribution is -2.43. The highest BCUT2D eigenvalue weighted by Crippen LogP contribution is 2.25. The summed E-state index contributed by atoms with van der Waals surface area (Å²) in [6.07, 6.45) is 2.56. The molecule has 4 rings (SSSR count). The predicted octanol–water partition coefficient (Wildman–Crippen LogP) is 4.39. The fraction of sp³-hybridized carbons (Fsp3) is 0.179. The van der Waals surface area contributed by atoms with Gasteiger partial charge in [-0.25, -0.2) is 4.79 Å².